The minimum absolute atomic E-state index is 0.119. The second-order valence-electron chi connectivity index (χ2n) is 6.44. The molecule has 2 aromatic carbocycles. The highest BCUT2D eigenvalue weighted by atomic mass is 35.5. The van der Waals surface area contributed by atoms with Crippen molar-refractivity contribution < 1.29 is 9.59 Å². The van der Waals surface area contributed by atoms with Crippen molar-refractivity contribution in [2.24, 2.45) is 0 Å². The standard InChI is InChI=1S/C20H16ClN3O2S/c1-20(15-9-5-6-10-16(15)21)18(25)24(19(26)23-20)11-14-12-27-17(22-14)13-7-3-2-4-8-13/h2-10,12H,11H2,1H3,(H,23,26)/t20-/m0/s1. The third-order valence-electron chi connectivity index (χ3n) is 4.58. The van der Waals surface area contributed by atoms with Crippen molar-refractivity contribution in [3.8, 4) is 10.6 Å². The summed E-state index contributed by atoms with van der Waals surface area (Å²) in [6.45, 7) is 1.79. The lowest BCUT2D eigenvalue weighted by Crippen LogP contribution is -2.41. The summed E-state index contributed by atoms with van der Waals surface area (Å²) in [6, 6.07) is 16.4. The van der Waals surface area contributed by atoms with Crippen LogP contribution in [0.5, 0.6) is 0 Å². The number of nitrogens with zero attached hydrogens (tertiary/aromatic N) is 2. The highest BCUT2D eigenvalue weighted by Gasteiger charge is 2.49. The number of amides is 3. The van der Waals surface area contributed by atoms with Crippen LogP contribution in [-0.4, -0.2) is 21.8 Å². The number of thiazole rings is 1. The predicted octanol–water partition coefficient (Wildman–Crippen LogP) is 4.43. The number of aromatic nitrogens is 1. The van der Waals surface area contributed by atoms with Crippen molar-refractivity contribution in [1.29, 1.82) is 0 Å². The Bertz CT molecular complexity index is 1020. The minimum Gasteiger partial charge on any atom is -0.319 e. The molecular weight excluding hydrogens is 382 g/mol. The van der Waals surface area contributed by atoms with E-state index in [4.69, 9.17) is 11.6 Å². The Labute approximate surface area is 165 Å². The molecule has 1 aliphatic heterocycles. The van der Waals surface area contributed by atoms with Gasteiger partial charge in [0.2, 0.25) is 0 Å². The van der Waals surface area contributed by atoms with E-state index in [1.165, 1.54) is 16.2 Å². The molecule has 1 aliphatic rings. The van der Waals surface area contributed by atoms with Gasteiger partial charge in [0.05, 0.1) is 12.2 Å². The normalized spacial score (nSPS) is 19.4. The van der Waals surface area contributed by atoms with Gasteiger partial charge in [-0.3, -0.25) is 9.69 Å². The number of benzene rings is 2. The first-order valence-electron chi connectivity index (χ1n) is 8.38. The van der Waals surface area contributed by atoms with E-state index in [-0.39, 0.29) is 12.5 Å². The maximum Gasteiger partial charge on any atom is 0.325 e. The summed E-state index contributed by atoms with van der Waals surface area (Å²) in [5.74, 6) is -0.338. The maximum atomic E-state index is 13.0. The number of urea groups is 1. The van der Waals surface area contributed by atoms with Gasteiger partial charge in [-0.1, -0.05) is 60.1 Å². The van der Waals surface area contributed by atoms with Crippen LogP contribution in [0, 0.1) is 0 Å². The number of nitrogens with one attached hydrogen (secondary N) is 1. The van der Waals surface area contributed by atoms with Gasteiger partial charge in [-0.25, -0.2) is 9.78 Å². The van der Waals surface area contributed by atoms with Crippen molar-refractivity contribution >= 4 is 34.9 Å². The van der Waals surface area contributed by atoms with E-state index in [1.807, 2.05) is 35.7 Å². The summed E-state index contributed by atoms with van der Waals surface area (Å²) < 4.78 is 0. The molecule has 0 saturated carbocycles. The molecule has 27 heavy (non-hydrogen) atoms. The van der Waals surface area contributed by atoms with Crippen LogP contribution in [0.3, 0.4) is 0 Å². The molecule has 1 saturated heterocycles. The van der Waals surface area contributed by atoms with Gasteiger partial charge in [-0.05, 0) is 13.0 Å². The molecule has 3 aromatic rings. The molecule has 136 valence electrons. The number of carbonyl (C=O) groups excluding carboxylic acids is 2. The highest BCUT2D eigenvalue weighted by molar-refractivity contribution is 7.13. The smallest absolute Gasteiger partial charge is 0.319 e. The third-order valence-corrected chi connectivity index (χ3v) is 5.85. The van der Waals surface area contributed by atoms with Gasteiger partial charge in [0.1, 0.15) is 10.5 Å². The molecule has 0 bridgehead atoms. The Morgan fingerprint density at radius 3 is 2.56 bits per heavy atom. The molecule has 5 nitrogen and oxygen atoms in total. The average Bonchev–Trinajstić information content (AvgIpc) is 3.22. The Hall–Kier alpha value is -2.70. The summed E-state index contributed by atoms with van der Waals surface area (Å²) in [4.78, 5) is 31.3. The highest BCUT2D eigenvalue weighted by Crippen LogP contribution is 2.34. The Balaban J connectivity index is 1.59. The molecule has 1 atom stereocenters. The molecule has 0 unspecified atom stereocenters. The van der Waals surface area contributed by atoms with Gasteiger partial charge in [0.15, 0.2) is 0 Å². The van der Waals surface area contributed by atoms with Crippen molar-refractivity contribution in [3.63, 3.8) is 0 Å². The van der Waals surface area contributed by atoms with E-state index in [0.29, 0.717) is 16.3 Å². The summed E-state index contributed by atoms with van der Waals surface area (Å²) in [7, 11) is 0. The van der Waals surface area contributed by atoms with Crippen LogP contribution >= 0.6 is 22.9 Å². The van der Waals surface area contributed by atoms with Crippen LogP contribution in [0.1, 0.15) is 18.2 Å². The molecule has 1 N–H and O–H groups in total. The Kier molecular flexibility index (Phi) is 4.45. The van der Waals surface area contributed by atoms with Gasteiger partial charge in [0, 0.05) is 21.5 Å². The molecule has 0 spiro atoms. The zero-order chi connectivity index (χ0) is 19.0. The fourth-order valence-corrected chi connectivity index (χ4v) is 4.29. The number of imide groups is 1. The summed E-state index contributed by atoms with van der Waals surface area (Å²) in [5.41, 5.74) is 1.07. The molecule has 7 heteroatoms. The van der Waals surface area contributed by atoms with Crippen molar-refractivity contribution in [2.45, 2.75) is 19.0 Å². The zero-order valence-electron chi connectivity index (χ0n) is 14.5. The topological polar surface area (TPSA) is 62.3 Å². The van der Waals surface area contributed by atoms with E-state index in [0.717, 1.165) is 10.6 Å². The number of hydrogen-bond acceptors (Lipinski definition) is 4. The van der Waals surface area contributed by atoms with E-state index < -0.39 is 11.6 Å². The first-order chi connectivity index (χ1) is 13.0. The number of halogens is 1. The predicted molar refractivity (Wildman–Crippen MR) is 105 cm³/mol. The van der Waals surface area contributed by atoms with Gasteiger partial charge in [0.25, 0.3) is 5.91 Å². The lowest BCUT2D eigenvalue weighted by molar-refractivity contribution is -0.131. The monoisotopic (exact) mass is 397 g/mol. The fourth-order valence-electron chi connectivity index (χ4n) is 3.14. The number of rotatable bonds is 4. The van der Waals surface area contributed by atoms with Crippen LogP contribution in [-0.2, 0) is 16.9 Å². The van der Waals surface area contributed by atoms with Gasteiger partial charge in [-0.2, -0.15) is 0 Å². The van der Waals surface area contributed by atoms with E-state index in [2.05, 4.69) is 10.3 Å². The molecule has 1 aromatic heterocycles. The van der Waals surface area contributed by atoms with Gasteiger partial charge in [-0.15, -0.1) is 11.3 Å². The second-order valence-corrected chi connectivity index (χ2v) is 7.70. The third kappa shape index (κ3) is 3.11. The van der Waals surface area contributed by atoms with E-state index in [9.17, 15) is 9.59 Å². The first-order valence-corrected chi connectivity index (χ1v) is 9.64. The molecular formula is C20H16ClN3O2S. The maximum absolute atomic E-state index is 13.0. The second kappa shape index (κ2) is 6.79. The molecule has 2 heterocycles. The van der Waals surface area contributed by atoms with E-state index in [1.54, 1.807) is 31.2 Å². The Morgan fingerprint density at radius 2 is 1.81 bits per heavy atom. The molecule has 4 rings (SSSR count). The number of carbonyl (C=O) groups is 2. The summed E-state index contributed by atoms with van der Waals surface area (Å²) in [5, 5.41) is 5.94. The first kappa shape index (κ1) is 17.7. The summed E-state index contributed by atoms with van der Waals surface area (Å²) in [6.07, 6.45) is 0. The molecule has 3 amide bonds. The van der Waals surface area contributed by atoms with Crippen LogP contribution in [0.15, 0.2) is 60.0 Å². The average molecular weight is 398 g/mol. The lowest BCUT2D eigenvalue weighted by Gasteiger charge is -2.23. The van der Waals surface area contributed by atoms with Crippen LogP contribution in [0.2, 0.25) is 5.02 Å². The number of hydrogen-bond donors (Lipinski definition) is 1. The SMILES string of the molecule is C[C@@]1(c2ccccc2Cl)NC(=O)N(Cc2csc(-c3ccccc3)n2)C1=O. The zero-order valence-corrected chi connectivity index (χ0v) is 16.1. The van der Waals surface area contributed by atoms with E-state index >= 15 is 0 Å². The van der Waals surface area contributed by atoms with Crippen molar-refractivity contribution in [3.05, 3.63) is 76.3 Å². The quantitative estimate of drug-likeness (QED) is 0.662. The summed E-state index contributed by atoms with van der Waals surface area (Å²) >= 11 is 7.74. The van der Waals surface area contributed by atoms with Crippen LogP contribution in [0.4, 0.5) is 4.79 Å². The largest absolute Gasteiger partial charge is 0.325 e. The van der Waals surface area contributed by atoms with Gasteiger partial charge < -0.3 is 5.32 Å². The minimum atomic E-state index is -1.19. The fraction of sp³-hybridized carbons (Fsp3) is 0.150. The van der Waals surface area contributed by atoms with Crippen LogP contribution in [0.25, 0.3) is 10.6 Å². The Morgan fingerprint density at radius 1 is 1.11 bits per heavy atom. The van der Waals surface area contributed by atoms with Crippen LogP contribution < -0.4 is 5.32 Å². The molecule has 0 aliphatic carbocycles. The van der Waals surface area contributed by atoms with Gasteiger partial charge >= 0.3 is 6.03 Å². The van der Waals surface area contributed by atoms with Crippen molar-refractivity contribution in [2.75, 3.05) is 0 Å². The lowest BCUT2D eigenvalue weighted by atomic mass is 9.92. The van der Waals surface area contributed by atoms with Crippen molar-refractivity contribution in [1.82, 2.24) is 15.2 Å². The molecule has 0 radical (unpaired) electrons. The molecule has 1 fully saturated rings.